The molecule has 0 saturated carbocycles. The van der Waals surface area contributed by atoms with Gasteiger partial charge in [0.05, 0.1) is 11.1 Å². The number of nitrogens with zero attached hydrogens (tertiary/aromatic N) is 1. The first-order valence-corrected chi connectivity index (χ1v) is 9.53. The van der Waals surface area contributed by atoms with Crippen molar-refractivity contribution in [2.45, 2.75) is 19.4 Å². The van der Waals surface area contributed by atoms with Gasteiger partial charge in [0, 0.05) is 19.5 Å². The predicted molar refractivity (Wildman–Crippen MR) is 103 cm³/mol. The molecule has 2 aromatic rings. The Morgan fingerprint density at radius 3 is 2.57 bits per heavy atom. The second-order valence-corrected chi connectivity index (χ2v) is 7.18. The summed E-state index contributed by atoms with van der Waals surface area (Å²) >= 11 is 1.15. The highest BCUT2D eigenvalue weighted by Crippen LogP contribution is 2.22. The molecule has 0 atom stereocenters. The number of carbonyl (C=O) groups excluding carboxylic acids is 4. The fourth-order valence-corrected chi connectivity index (χ4v) is 3.62. The molecular weight excluding hydrogens is 382 g/mol. The molecule has 146 valence electrons. The van der Waals surface area contributed by atoms with E-state index in [-0.39, 0.29) is 11.5 Å². The molecule has 8 nitrogen and oxygen atoms in total. The van der Waals surface area contributed by atoms with Gasteiger partial charge in [0.1, 0.15) is 5.00 Å². The molecule has 1 fully saturated rings. The van der Waals surface area contributed by atoms with Gasteiger partial charge in [-0.2, -0.15) is 0 Å². The average molecular weight is 401 g/mol. The third-order valence-corrected chi connectivity index (χ3v) is 5.08. The molecule has 3 N–H and O–H groups in total. The standard InChI is InChI=1S/C19H19N3O5S/c20-17(25)14-7-9-28-18(14)21-15(23)11-27-19(26)13-5-3-12(4-6-13)10-22-8-1-2-16(22)24/h3-7,9H,1-2,8,10-11H2,(H2,20,25)(H,21,23). The van der Waals surface area contributed by atoms with E-state index in [4.69, 9.17) is 10.5 Å². The van der Waals surface area contributed by atoms with Crippen molar-refractivity contribution >= 4 is 40.0 Å². The van der Waals surface area contributed by atoms with Crippen LogP contribution in [-0.2, 0) is 20.9 Å². The third-order valence-electron chi connectivity index (χ3n) is 4.25. The summed E-state index contributed by atoms with van der Waals surface area (Å²) in [7, 11) is 0. The highest BCUT2D eigenvalue weighted by atomic mass is 32.1. The number of primary amides is 1. The average Bonchev–Trinajstić information content (AvgIpc) is 3.29. The largest absolute Gasteiger partial charge is 0.452 e. The number of nitrogens with one attached hydrogen (secondary N) is 1. The van der Waals surface area contributed by atoms with Gasteiger partial charge in [-0.15, -0.1) is 11.3 Å². The number of likely N-dealkylation sites (tertiary alicyclic amines) is 1. The van der Waals surface area contributed by atoms with Crippen molar-refractivity contribution in [2.24, 2.45) is 5.73 Å². The van der Waals surface area contributed by atoms with Crippen molar-refractivity contribution < 1.29 is 23.9 Å². The van der Waals surface area contributed by atoms with E-state index >= 15 is 0 Å². The monoisotopic (exact) mass is 401 g/mol. The third kappa shape index (κ3) is 4.74. The van der Waals surface area contributed by atoms with Gasteiger partial charge in [0.15, 0.2) is 6.61 Å². The summed E-state index contributed by atoms with van der Waals surface area (Å²) in [6.07, 6.45) is 1.45. The molecule has 2 heterocycles. The predicted octanol–water partition coefficient (Wildman–Crippen LogP) is 1.76. The zero-order chi connectivity index (χ0) is 20.1. The minimum Gasteiger partial charge on any atom is -0.452 e. The van der Waals surface area contributed by atoms with Gasteiger partial charge in [-0.25, -0.2) is 4.79 Å². The molecule has 3 amide bonds. The van der Waals surface area contributed by atoms with Crippen molar-refractivity contribution in [1.82, 2.24) is 4.90 Å². The van der Waals surface area contributed by atoms with Crippen molar-refractivity contribution in [3.63, 3.8) is 0 Å². The van der Waals surface area contributed by atoms with Crippen molar-refractivity contribution in [1.29, 1.82) is 0 Å². The Balaban J connectivity index is 1.50. The summed E-state index contributed by atoms with van der Waals surface area (Å²) < 4.78 is 5.00. The first-order chi connectivity index (χ1) is 13.4. The van der Waals surface area contributed by atoms with E-state index in [1.807, 2.05) is 0 Å². The van der Waals surface area contributed by atoms with Gasteiger partial charge in [0.25, 0.3) is 11.8 Å². The Morgan fingerprint density at radius 1 is 1.18 bits per heavy atom. The SMILES string of the molecule is NC(=O)c1ccsc1NC(=O)COC(=O)c1ccc(CN2CCCC2=O)cc1. The van der Waals surface area contributed by atoms with E-state index in [9.17, 15) is 19.2 Å². The lowest BCUT2D eigenvalue weighted by Gasteiger charge is -2.15. The fraction of sp³-hybridized carbons (Fsp3) is 0.263. The molecular formula is C19H19N3O5S. The first kappa shape index (κ1) is 19.6. The lowest BCUT2D eigenvalue weighted by atomic mass is 10.1. The van der Waals surface area contributed by atoms with Crippen LogP contribution in [0.4, 0.5) is 5.00 Å². The minimum atomic E-state index is -0.649. The van der Waals surface area contributed by atoms with Crippen molar-refractivity contribution in [2.75, 3.05) is 18.5 Å². The second-order valence-electron chi connectivity index (χ2n) is 6.27. The first-order valence-electron chi connectivity index (χ1n) is 8.65. The summed E-state index contributed by atoms with van der Waals surface area (Å²) in [5.74, 6) is -1.72. The van der Waals surface area contributed by atoms with Crippen LogP contribution in [0.3, 0.4) is 0 Å². The summed E-state index contributed by atoms with van der Waals surface area (Å²) in [5.41, 5.74) is 6.64. The molecule has 1 aromatic carbocycles. The minimum absolute atomic E-state index is 0.139. The maximum atomic E-state index is 12.1. The number of anilines is 1. The number of hydrogen-bond donors (Lipinski definition) is 2. The topological polar surface area (TPSA) is 119 Å². The van der Waals surface area contributed by atoms with Crippen LogP contribution in [0.25, 0.3) is 0 Å². The number of rotatable bonds is 7. The lowest BCUT2D eigenvalue weighted by molar-refractivity contribution is -0.128. The zero-order valence-corrected chi connectivity index (χ0v) is 15.8. The second kappa shape index (κ2) is 8.66. The van der Waals surface area contributed by atoms with Gasteiger partial charge < -0.3 is 20.7 Å². The van der Waals surface area contributed by atoms with E-state index in [0.29, 0.717) is 23.5 Å². The Kier molecular flexibility index (Phi) is 6.05. The van der Waals surface area contributed by atoms with Crippen LogP contribution < -0.4 is 11.1 Å². The van der Waals surface area contributed by atoms with Crippen LogP contribution in [0.1, 0.15) is 39.1 Å². The van der Waals surface area contributed by atoms with Crippen LogP contribution in [-0.4, -0.2) is 41.7 Å². The Morgan fingerprint density at radius 2 is 1.93 bits per heavy atom. The summed E-state index contributed by atoms with van der Waals surface area (Å²) in [6.45, 7) is 0.776. The number of ether oxygens (including phenoxy) is 1. The zero-order valence-electron chi connectivity index (χ0n) is 15.0. The Labute approximate surface area is 165 Å². The molecule has 28 heavy (non-hydrogen) atoms. The van der Waals surface area contributed by atoms with Gasteiger partial charge >= 0.3 is 5.97 Å². The summed E-state index contributed by atoms with van der Waals surface area (Å²) in [6, 6.07) is 8.22. The van der Waals surface area contributed by atoms with Crippen LogP contribution in [0, 0.1) is 0 Å². The number of carbonyl (C=O) groups is 4. The molecule has 1 saturated heterocycles. The maximum absolute atomic E-state index is 12.1. The van der Waals surface area contributed by atoms with Crippen LogP contribution in [0.15, 0.2) is 35.7 Å². The van der Waals surface area contributed by atoms with E-state index in [2.05, 4.69) is 5.32 Å². The number of benzene rings is 1. The Bertz CT molecular complexity index is 907. The maximum Gasteiger partial charge on any atom is 0.338 e. The van der Waals surface area contributed by atoms with Crippen LogP contribution >= 0.6 is 11.3 Å². The highest BCUT2D eigenvalue weighted by Gasteiger charge is 2.20. The fourth-order valence-electron chi connectivity index (χ4n) is 2.82. The van der Waals surface area contributed by atoms with E-state index in [1.165, 1.54) is 6.07 Å². The lowest BCUT2D eigenvalue weighted by Crippen LogP contribution is -2.24. The normalized spacial score (nSPS) is 13.4. The summed E-state index contributed by atoms with van der Waals surface area (Å²) in [5, 5.41) is 4.43. The molecule has 1 aliphatic heterocycles. The molecule has 0 unspecified atom stereocenters. The number of amides is 3. The molecule has 0 aliphatic carbocycles. The van der Waals surface area contributed by atoms with Gasteiger partial charge in [0.2, 0.25) is 5.91 Å². The number of nitrogens with two attached hydrogens (primary N) is 1. The van der Waals surface area contributed by atoms with Crippen LogP contribution in [0.5, 0.6) is 0 Å². The van der Waals surface area contributed by atoms with E-state index < -0.39 is 24.4 Å². The van der Waals surface area contributed by atoms with Crippen LogP contribution in [0.2, 0.25) is 0 Å². The number of esters is 1. The molecule has 0 radical (unpaired) electrons. The van der Waals surface area contributed by atoms with Gasteiger partial charge in [-0.1, -0.05) is 12.1 Å². The van der Waals surface area contributed by atoms with Crippen molar-refractivity contribution in [3.8, 4) is 0 Å². The molecule has 1 aromatic heterocycles. The van der Waals surface area contributed by atoms with Gasteiger partial charge in [-0.3, -0.25) is 14.4 Å². The quantitative estimate of drug-likeness (QED) is 0.686. The van der Waals surface area contributed by atoms with E-state index in [0.717, 1.165) is 29.9 Å². The number of thiophene rings is 1. The molecule has 3 rings (SSSR count). The summed E-state index contributed by atoms with van der Waals surface area (Å²) in [4.78, 5) is 48.7. The number of hydrogen-bond acceptors (Lipinski definition) is 6. The molecule has 1 aliphatic rings. The Hall–Kier alpha value is -3.20. The smallest absolute Gasteiger partial charge is 0.338 e. The van der Waals surface area contributed by atoms with Gasteiger partial charge in [-0.05, 0) is 35.6 Å². The van der Waals surface area contributed by atoms with E-state index in [1.54, 1.807) is 34.5 Å². The molecule has 0 spiro atoms. The molecule has 0 bridgehead atoms. The molecule has 9 heteroatoms. The highest BCUT2D eigenvalue weighted by molar-refractivity contribution is 7.14. The van der Waals surface area contributed by atoms with Crippen molar-refractivity contribution in [3.05, 3.63) is 52.4 Å².